The average molecular weight is 299 g/mol. The summed E-state index contributed by atoms with van der Waals surface area (Å²) in [6, 6.07) is 0.814. The minimum absolute atomic E-state index is 0. The molecule has 0 aliphatic carbocycles. The molecule has 0 atom stereocenters. The summed E-state index contributed by atoms with van der Waals surface area (Å²) >= 11 is 0. The molecule has 0 aromatic heterocycles. The van der Waals surface area contributed by atoms with Gasteiger partial charge < -0.3 is 19.0 Å². The van der Waals surface area contributed by atoms with Gasteiger partial charge in [-0.2, -0.15) is 0 Å². The van der Waals surface area contributed by atoms with Crippen molar-refractivity contribution in [3.8, 4) is 0 Å². The van der Waals surface area contributed by atoms with Crippen molar-refractivity contribution >= 4 is 21.2 Å². The second kappa shape index (κ2) is 12.1. The predicted molar refractivity (Wildman–Crippen MR) is 79.1 cm³/mol. The zero-order chi connectivity index (χ0) is 13.1. The van der Waals surface area contributed by atoms with Crippen LogP contribution in [0.2, 0.25) is 6.04 Å². The van der Waals surface area contributed by atoms with Gasteiger partial charge in [0.2, 0.25) is 0 Å². The molecule has 0 aromatic rings. The topological polar surface area (TPSA) is 57.0 Å². The monoisotopic (exact) mass is 298 g/mol. The van der Waals surface area contributed by atoms with E-state index in [1.165, 1.54) is 0 Å². The van der Waals surface area contributed by atoms with Gasteiger partial charge >= 0.3 is 8.80 Å². The van der Waals surface area contributed by atoms with Crippen molar-refractivity contribution < 1.29 is 13.3 Å². The maximum atomic E-state index is 5.55. The SMILES string of the molecule is C=CCN(CCN)CCC[Si](OC)(OC)OC.Cl. The third-order valence-corrected chi connectivity index (χ3v) is 5.55. The lowest BCUT2D eigenvalue weighted by Crippen LogP contribution is -2.43. The fourth-order valence-electron chi connectivity index (χ4n) is 1.73. The van der Waals surface area contributed by atoms with E-state index in [-0.39, 0.29) is 12.4 Å². The zero-order valence-corrected chi connectivity index (χ0v) is 13.5. The first-order valence-corrected chi connectivity index (χ1v) is 7.80. The first kappa shape index (κ1) is 20.4. The molecule has 0 amide bonds. The van der Waals surface area contributed by atoms with Gasteiger partial charge in [0.15, 0.2) is 0 Å². The van der Waals surface area contributed by atoms with Gasteiger partial charge in [0.1, 0.15) is 0 Å². The third-order valence-electron chi connectivity index (χ3n) is 2.72. The molecule has 0 aromatic carbocycles. The Bertz CT molecular complexity index is 198. The summed E-state index contributed by atoms with van der Waals surface area (Å²) in [6.07, 6.45) is 2.86. The molecule has 7 heteroatoms. The molecule has 0 bridgehead atoms. The molecule has 0 fully saturated rings. The zero-order valence-electron chi connectivity index (χ0n) is 11.7. The fraction of sp³-hybridized carbons (Fsp3) is 0.818. The van der Waals surface area contributed by atoms with E-state index in [2.05, 4.69) is 11.5 Å². The first-order chi connectivity index (χ1) is 8.17. The largest absolute Gasteiger partial charge is 0.500 e. The second-order valence-corrected chi connectivity index (χ2v) is 6.87. The van der Waals surface area contributed by atoms with Gasteiger partial charge in [-0.15, -0.1) is 19.0 Å². The molecule has 0 rings (SSSR count). The second-order valence-electron chi connectivity index (χ2n) is 3.78. The van der Waals surface area contributed by atoms with Crippen molar-refractivity contribution in [3.05, 3.63) is 12.7 Å². The summed E-state index contributed by atoms with van der Waals surface area (Å²) in [5.74, 6) is 0. The summed E-state index contributed by atoms with van der Waals surface area (Å²) in [5.41, 5.74) is 5.55. The molecule has 0 aliphatic rings. The van der Waals surface area contributed by atoms with Gasteiger partial charge in [0, 0.05) is 47.0 Å². The van der Waals surface area contributed by atoms with E-state index in [0.29, 0.717) is 6.54 Å². The van der Waals surface area contributed by atoms with Crippen LogP contribution >= 0.6 is 12.4 Å². The summed E-state index contributed by atoms with van der Waals surface area (Å²) in [5, 5.41) is 0. The van der Waals surface area contributed by atoms with E-state index >= 15 is 0 Å². The molecule has 18 heavy (non-hydrogen) atoms. The van der Waals surface area contributed by atoms with Crippen LogP contribution in [0.5, 0.6) is 0 Å². The minimum Gasteiger partial charge on any atom is -0.377 e. The highest BCUT2D eigenvalue weighted by Gasteiger charge is 2.36. The van der Waals surface area contributed by atoms with E-state index in [4.69, 9.17) is 19.0 Å². The average Bonchev–Trinajstić information content (AvgIpc) is 2.36. The molecule has 110 valence electrons. The van der Waals surface area contributed by atoms with Crippen molar-refractivity contribution in [1.82, 2.24) is 4.90 Å². The molecule has 2 N–H and O–H groups in total. The smallest absolute Gasteiger partial charge is 0.377 e. The van der Waals surface area contributed by atoms with E-state index in [1.54, 1.807) is 21.3 Å². The quantitative estimate of drug-likeness (QED) is 0.458. The molecule has 0 spiro atoms. The van der Waals surface area contributed by atoms with E-state index in [1.807, 2.05) is 6.08 Å². The van der Waals surface area contributed by atoms with Gasteiger partial charge in [-0.3, -0.25) is 4.90 Å². The van der Waals surface area contributed by atoms with Crippen LogP contribution in [-0.4, -0.2) is 61.2 Å². The third kappa shape index (κ3) is 7.47. The van der Waals surface area contributed by atoms with Crippen molar-refractivity contribution in [2.24, 2.45) is 5.73 Å². The Balaban J connectivity index is 0. The number of nitrogens with two attached hydrogens (primary N) is 1. The van der Waals surface area contributed by atoms with Crippen LogP contribution in [0.4, 0.5) is 0 Å². The van der Waals surface area contributed by atoms with Crippen LogP contribution in [0.25, 0.3) is 0 Å². The lowest BCUT2D eigenvalue weighted by atomic mass is 10.4. The van der Waals surface area contributed by atoms with Gasteiger partial charge in [-0.05, 0) is 13.0 Å². The molecule has 0 unspecified atom stereocenters. The van der Waals surface area contributed by atoms with Gasteiger partial charge in [-0.25, -0.2) is 0 Å². The number of nitrogens with zero attached hydrogens (tertiary/aromatic N) is 1. The molecule has 0 radical (unpaired) electrons. The minimum atomic E-state index is -2.41. The first-order valence-electron chi connectivity index (χ1n) is 5.86. The number of hydrogen-bond acceptors (Lipinski definition) is 5. The Labute approximate surface area is 118 Å². The van der Waals surface area contributed by atoms with Crippen molar-refractivity contribution in [3.63, 3.8) is 0 Å². The predicted octanol–water partition coefficient (Wildman–Crippen LogP) is 1.12. The number of hydrogen-bond donors (Lipinski definition) is 1. The van der Waals surface area contributed by atoms with E-state index in [9.17, 15) is 0 Å². The highest BCUT2D eigenvalue weighted by Crippen LogP contribution is 2.15. The van der Waals surface area contributed by atoms with Gasteiger partial charge in [-0.1, -0.05) is 6.08 Å². The van der Waals surface area contributed by atoms with Crippen LogP contribution in [0, 0.1) is 0 Å². The fourth-order valence-corrected chi connectivity index (χ4v) is 3.44. The molecule has 5 nitrogen and oxygen atoms in total. The van der Waals surface area contributed by atoms with Crippen LogP contribution in [0.15, 0.2) is 12.7 Å². The van der Waals surface area contributed by atoms with Crippen LogP contribution < -0.4 is 5.73 Å². The van der Waals surface area contributed by atoms with Crippen molar-refractivity contribution in [1.29, 1.82) is 0 Å². The van der Waals surface area contributed by atoms with E-state index in [0.717, 1.165) is 32.1 Å². The Morgan fingerprint density at radius 3 is 2.11 bits per heavy atom. The maximum Gasteiger partial charge on any atom is 0.500 e. The molecule has 0 aliphatic heterocycles. The summed E-state index contributed by atoms with van der Waals surface area (Å²) in [7, 11) is 2.50. The summed E-state index contributed by atoms with van der Waals surface area (Å²) in [4.78, 5) is 2.26. The van der Waals surface area contributed by atoms with E-state index < -0.39 is 8.80 Å². The number of rotatable bonds is 11. The normalized spacial score (nSPS) is 11.4. The Morgan fingerprint density at radius 1 is 1.17 bits per heavy atom. The van der Waals surface area contributed by atoms with Crippen LogP contribution in [0.3, 0.4) is 0 Å². The van der Waals surface area contributed by atoms with Crippen LogP contribution in [-0.2, 0) is 13.3 Å². The lowest BCUT2D eigenvalue weighted by Gasteiger charge is -2.26. The standard InChI is InChI=1S/C11H26N2O3Si.ClH/c1-5-8-13(10-7-12)9-6-11-17(14-2,15-3)16-4;/h5H,1,6-12H2,2-4H3;1H. The lowest BCUT2D eigenvalue weighted by molar-refractivity contribution is 0.121. The Hall–Kier alpha value is 0.0469. The Morgan fingerprint density at radius 2 is 1.72 bits per heavy atom. The van der Waals surface area contributed by atoms with Gasteiger partial charge in [0.05, 0.1) is 0 Å². The molecule has 0 heterocycles. The van der Waals surface area contributed by atoms with Crippen LogP contribution in [0.1, 0.15) is 6.42 Å². The van der Waals surface area contributed by atoms with Crippen molar-refractivity contribution in [2.45, 2.75) is 12.5 Å². The summed E-state index contributed by atoms with van der Waals surface area (Å²) < 4.78 is 16.1. The van der Waals surface area contributed by atoms with Gasteiger partial charge in [0.25, 0.3) is 0 Å². The van der Waals surface area contributed by atoms with Crippen molar-refractivity contribution in [2.75, 3.05) is 47.5 Å². The Kier molecular flexibility index (Phi) is 13.7. The molecular formula is C11H27ClN2O3Si. The molecule has 0 saturated carbocycles. The number of halogens is 1. The molecule has 0 saturated heterocycles. The maximum absolute atomic E-state index is 5.55. The highest BCUT2D eigenvalue weighted by molar-refractivity contribution is 6.60. The summed E-state index contributed by atoms with van der Waals surface area (Å²) in [6.45, 7) is 7.10. The highest BCUT2D eigenvalue weighted by atomic mass is 35.5. The molecular weight excluding hydrogens is 272 g/mol.